The minimum atomic E-state index is -0.345. The Morgan fingerprint density at radius 1 is 1.29 bits per heavy atom. The van der Waals surface area contributed by atoms with Crippen molar-refractivity contribution in [3.63, 3.8) is 0 Å². The normalized spacial score (nSPS) is 17.9. The zero-order chi connectivity index (χ0) is 12.9. The molecule has 0 saturated heterocycles. The zero-order valence-corrected chi connectivity index (χ0v) is 11.6. The van der Waals surface area contributed by atoms with Crippen LogP contribution in [0.15, 0.2) is 0 Å². The number of hydrogen-bond donors (Lipinski definition) is 2. The lowest BCUT2D eigenvalue weighted by Crippen LogP contribution is -2.46. The van der Waals surface area contributed by atoms with Crippen LogP contribution in [0.25, 0.3) is 0 Å². The lowest BCUT2D eigenvalue weighted by atomic mass is 9.81. The van der Waals surface area contributed by atoms with E-state index in [1.807, 2.05) is 0 Å². The molecule has 0 aromatic rings. The van der Waals surface area contributed by atoms with E-state index < -0.39 is 0 Å². The molecule has 1 aliphatic rings. The van der Waals surface area contributed by atoms with Gasteiger partial charge in [-0.15, -0.1) is 0 Å². The molecule has 0 aliphatic heterocycles. The van der Waals surface area contributed by atoms with Crippen molar-refractivity contribution in [1.29, 1.82) is 0 Å². The van der Waals surface area contributed by atoms with Gasteiger partial charge in [-0.2, -0.15) is 0 Å². The largest absolute Gasteiger partial charge is 0.355 e. The van der Waals surface area contributed by atoms with Crippen LogP contribution in [0, 0.1) is 10.8 Å². The number of rotatable bonds is 8. The van der Waals surface area contributed by atoms with Crippen LogP contribution in [0.5, 0.6) is 0 Å². The Morgan fingerprint density at radius 2 is 1.88 bits per heavy atom. The van der Waals surface area contributed by atoms with E-state index in [0.717, 1.165) is 19.4 Å². The van der Waals surface area contributed by atoms with Crippen LogP contribution in [0.4, 0.5) is 0 Å². The van der Waals surface area contributed by atoms with Crippen LogP contribution in [-0.4, -0.2) is 19.0 Å². The summed E-state index contributed by atoms with van der Waals surface area (Å²) in [6, 6.07) is 0. The standard InChI is InChI=1S/C14H28N2O/c1-4-7-13(8-9-13)11-16-12(17)14(5-2,6-3)10-15/h4-11,15H2,1-3H3,(H,16,17). The van der Waals surface area contributed by atoms with Gasteiger partial charge in [-0.05, 0) is 37.5 Å². The van der Waals surface area contributed by atoms with Crippen LogP contribution in [-0.2, 0) is 4.79 Å². The Morgan fingerprint density at radius 3 is 2.24 bits per heavy atom. The summed E-state index contributed by atoms with van der Waals surface area (Å²) in [6.07, 6.45) is 6.64. The highest BCUT2D eigenvalue weighted by Gasteiger charge is 2.43. The summed E-state index contributed by atoms with van der Waals surface area (Å²) in [5.74, 6) is 0.160. The van der Waals surface area contributed by atoms with Gasteiger partial charge in [0.05, 0.1) is 5.41 Å². The summed E-state index contributed by atoms with van der Waals surface area (Å²) < 4.78 is 0. The highest BCUT2D eigenvalue weighted by molar-refractivity contribution is 5.82. The number of hydrogen-bond acceptors (Lipinski definition) is 2. The second-order valence-electron chi connectivity index (χ2n) is 5.62. The molecule has 1 fully saturated rings. The van der Waals surface area contributed by atoms with Gasteiger partial charge in [0.2, 0.25) is 5.91 Å². The fourth-order valence-electron chi connectivity index (χ4n) is 2.63. The number of nitrogens with one attached hydrogen (secondary N) is 1. The van der Waals surface area contributed by atoms with E-state index in [4.69, 9.17) is 5.73 Å². The smallest absolute Gasteiger partial charge is 0.227 e. The molecule has 1 aliphatic carbocycles. The Hall–Kier alpha value is -0.570. The molecule has 100 valence electrons. The van der Waals surface area contributed by atoms with E-state index in [-0.39, 0.29) is 11.3 Å². The predicted molar refractivity (Wildman–Crippen MR) is 71.7 cm³/mol. The van der Waals surface area contributed by atoms with E-state index in [1.54, 1.807) is 0 Å². The average molecular weight is 240 g/mol. The Labute approximate surface area is 106 Å². The molecule has 1 saturated carbocycles. The van der Waals surface area contributed by atoms with E-state index in [2.05, 4.69) is 26.1 Å². The molecule has 0 radical (unpaired) electrons. The average Bonchev–Trinajstić information content (AvgIpc) is 3.10. The molecule has 3 N–H and O–H groups in total. The molecule has 0 unspecified atom stereocenters. The van der Waals surface area contributed by atoms with Crippen molar-refractivity contribution < 1.29 is 4.79 Å². The molecule has 0 aromatic carbocycles. The maximum absolute atomic E-state index is 12.2. The Balaban J connectivity index is 2.48. The predicted octanol–water partition coefficient (Wildman–Crippen LogP) is 2.45. The molecule has 3 nitrogen and oxygen atoms in total. The van der Waals surface area contributed by atoms with Gasteiger partial charge in [0.1, 0.15) is 0 Å². The van der Waals surface area contributed by atoms with Gasteiger partial charge in [0.15, 0.2) is 0 Å². The van der Waals surface area contributed by atoms with Gasteiger partial charge in [-0.25, -0.2) is 0 Å². The molecule has 0 bridgehead atoms. The van der Waals surface area contributed by atoms with Crippen LogP contribution in [0.2, 0.25) is 0 Å². The van der Waals surface area contributed by atoms with Gasteiger partial charge < -0.3 is 11.1 Å². The topological polar surface area (TPSA) is 55.1 Å². The molecule has 3 heteroatoms. The highest BCUT2D eigenvalue weighted by atomic mass is 16.2. The second-order valence-corrected chi connectivity index (χ2v) is 5.62. The third-order valence-electron chi connectivity index (χ3n) is 4.59. The number of carbonyl (C=O) groups excluding carboxylic acids is 1. The Bertz CT molecular complexity index is 247. The van der Waals surface area contributed by atoms with E-state index in [9.17, 15) is 4.79 Å². The van der Waals surface area contributed by atoms with Crippen molar-refractivity contribution in [3.8, 4) is 0 Å². The molecule has 0 spiro atoms. The van der Waals surface area contributed by atoms with Crippen molar-refractivity contribution in [2.45, 2.75) is 59.3 Å². The maximum Gasteiger partial charge on any atom is 0.227 e. The first-order valence-corrected chi connectivity index (χ1v) is 7.06. The minimum absolute atomic E-state index is 0.160. The summed E-state index contributed by atoms with van der Waals surface area (Å²) >= 11 is 0. The van der Waals surface area contributed by atoms with Crippen molar-refractivity contribution in [2.24, 2.45) is 16.6 Å². The van der Waals surface area contributed by atoms with Crippen LogP contribution >= 0.6 is 0 Å². The monoisotopic (exact) mass is 240 g/mol. The fourth-order valence-corrected chi connectivity index (χ4v) is 2.63. The van der Waals surface area contributed by atoms with E-state index in [1.165, 1.54) is 25.7 Å². The van der Waals surface area contributed by atoms with Crippen LogP contribution < -0.4 is 11.1 Å². The number of nitrogens with two attached hydrogens (primary N) is 1. The molecule has 1 rings (SSSR count). The minimum Gasteiger partial charge on any atom is -0.355 e. The highest BCUT2D eigenvalue weighted by Crippen LogP contribution is 2.49. The van der Waals surface area contributed by atoms with Crippen LogP contribution in [0.3, 0.4) is 0 Å². The quantitative estimate of drug-likeness (QED) is 0.684. The molecule has 1 amide bonds. The summed E-state index contributed by atoms with van der Waals surface area (Å²) in [7, 11) is 0. The number of carbonyl (C=O) groups is 1. The zero-order valence-electron chi connectivity index (χ0n) is 11.6. The summed E-state index contributed by atoms with van der Waals surface area (Å²) in [5, 5.41) is 3.14. The second kappa shape index (κ2) is 5.85. The summed E-state index contributed by atoms with van der Waals surface area (Å²) in [5.41, 5.74) is 5.86. The lowest BCUT2D eigenvalue weighted by molar-refractivity contribution is -0.131. The molecular weight excluding hydrogens is 212 g/mol. The lowest BCUT2D eigenvalue weighted by Gasteiger charge is -2.29. The van der Waals surface area contributed by atoms with Gasteiger partial charge >= 0.3 is 0 Å². The van der Waals surface area contributed by atoms with E-state index >= 15 is 0 Å². The van der Waals surface area contributed by atoms with Gasteiger partial charge in [0, 0.05) is 13.1 Å². The molecule has 17 heavy (non-hydrogen) atoms. The van der Waals surface area contributed by atoms with Gasteiger partial charge in [-0.1, -0.05) is 27.2 Å². The van der Waals surface area contributed by atoms with Crippen molar-refractivity contribution in [2.75, 3.05) is 13.1 Å². The SMILES string of the molecule is CCCC1(CNC(=O)C(CC)(CC)CN)CC1. The van der Waals surface area contributed by atoms with Gasteiger partial charge in [-0.3, -0.25) is 4.79 Å². The van der Waals surface area contributed by atoms with E-state index in [0.29, 0.717) is 12.0 Å². The van der Waals surface area contributed by atoms with Crippen molar-refractivity contribution in [3.05, 3.63) is 0 Å². The molecule has 0 aromatic heterocycles. The summed E-state index contributed by atoms with van der Waals surface area (Å²) in [4.78, 5) is 12.2. The van der Waals surface area contributed by atoms with Crippen molar-refractivity contribution >= 4 is 5.91 Å². The first kappa shape index (κ1) is 14.5. The number of amides is 1. The molecular formula is C14H28N2O. The van der Waals surface area contributed by atoms with Crippen molar-refractivity contribution in [1.82, 2.24) is 5.32 Å². The third-order valence-corrected chi connectivity index (χ3v) is 4.59. The first-order valence-electron chi connectivity index (χ1n) is 7.06. The van der Waals surface area contributed by atoms with Gasteiger partial charge in [0.25, 0.3) is 0 Å². The maximum atomic E-state index is 12.2. The third kappa shape index (κ3) is 3.21. The fraction of sp³-hybridized carbons (Fsp3) is 0.929. The summed E-state index contributed by atoms with van der Waals surface area (Å²) in [6.45, 7) is 7.61. The molecule has 0 heterocycles. The Kier molecular flexibility index (Phi) is 4.99. The van der Waals surface area contributed by atoms with Crippen LogP contribution in [0.1, 0.15) is 59.3 Å². The first-order chi connectivity index (χ1) is 8.08. The molecule has 0 atom stereocenters.